The SMILES string of the molecule is CC(Nc1cccnc1Br)c1cccc(Br)c1. The number of aromatic nitrogens is 1. The van der Waals surface area contributed by atoms with Crippen LogP contribution in [0, 0.1) is 0 Å². The molecule has 17 heavy (non-hydrogen) atoms. The molecule has 1 aromatic heterocycles. The molecular formula is C13H12Br2N2. The van der Waals surface area contributed by atoms with Gasteiger partial charge in [-0.05, 0) is 52.7 Å². The topological polar surface area (TPSA) is 24.9 Å². The lowest BCUT2D eigenvalue weighted by Gasteiger charge is -2.16. The van der Waals surface area contributed by atoms with Crippen molar-refractivity contribution in [3.63, 3.8) is 0 Å². The quantitative estimate of drug-likeness (QED) is 0.801. The van der Waals surface area contributed by atoms with Gasteiger partial charge in [0.25, 0.3) is 0 Å². The zero-order chi connectivity index (χ0) is 12.3. The lowest BCUT2D eigenvalue weighted by atomic mass is 10.1. The van der Waals surface area contributed by atoms with E-state index in [0.717, 1.165) is 14.8 Å². The van der Waals surface area contributed by atoms with E-state index in [2.05, 4.69) is 61.2 Å². The summed E-state index contributed by atoms with van der Waals surface area (Å²) in [5.41, 5.74) is 2.23. The van der Waals surface area contributed by atoms with E-state index >= 15 is 0 Å². The Morgan fingerprint density at radius 3 is 2.71 bits per heavy atom. The number of halogens is 2. The van der Waals surface area contributed by atoms with Crippen LogP contribution in [-0.4, -0.2) is 4.98 Å². The highest BCUT2D eigenvalue weighted by Crippen LogP contribution is 2.25. The molecule has 0 aliphatic carbocycles. The second kappa shape index (κ2) is 5.65. The number of hydrogen-bond acceptors (Lipinski definition) is 2. The Morgan fingerprint density at radius 2 is 2.00 bits per heavy atom. The molecule has 4 heteroatoms. The summed E-state index contributed by atoms with van der Waals surface area (Å²) >= 11 is 6.91. The number of hydrogen-bond donors (Lipinski definition) is 1. The fourth-order valence-corrected chi connectivity index (χ4v) is 2.37. The van der Waals surface area contributed by atoms with Crippen molar-refractivity contribution < 1.29 is 0 Å². The van der Waals surface area contributed by atoms with Gasteiger partial charge in [0, 0.05) is 16.7 Å². The predicted molar refractivity (Wildman–Crippen MR) is 78.1 cm³/mol. The summed E-state index contributed by atoms with van der Waals surface area (Å²) in [5.74, 6) is 0. The molecule has 88 valence electrons. The van der Waals surface area contributed by atoms with Crippen LogP contribution >= 0.6 is 31.9 Å². The number of anilines is 1. The van der Waals surface area contributed by atoms with Gasteiger partial charge >= 0.3 is 0 Å². The van der Waals surface area contributed by atoms with Gasteiger partial charge in [-0.3, -0.25) is 0 Å². The highest BCUT2D eigenvalue weighted by molar-refractivity contribution is 9.10. The van der Waals surface area contributed by atoms with E-state index in [-0.39, 0.29) is 6.04 Å². The van der Waals surface area contributed by atoms with Gasteiger partial charge in [-0.2, -0.15) is 0 Å². The summed E-state index contributed by atoms with van der Waals surface area (Å²) in [6, 6.07) is 12.4. The Kier molecular flexibility index (Phi) is 4.18. The summed E-state index contributed by atoms with van der Waals surface area (Å²) in [5, 5.41) is 3.42. The first-order valence-corrected chi connectivity index (χ1v) is 6.88. The summed E-state index contributed by atoms with van der Waals surface area (Å²) in [6.45, 7) is 2.13. The average Bonchev–Trinajstić information content (AvgIpc) is 2.32. The van der Waals surface area contributed by atoms with Gasteiger partial charge in [-0.15, -0.1) is 0 Å². The highest BCUT2D eigenvalue weighted by Gasteiger charge is 2.07. The van der Waals surface area contributed by atoms with Gasteiger partial charge in [0.05, 0.1) is 5.69 Å². The first kappa shape index (κ1) is 12.6. The minimum absolute atomic E-state index is 0.230. The fourth-order valence-electron chi connectivity index (χ4n) is 1.59. The van der Waals surface area contributed by atoms with Crippen molar-refractivity contribution in [3.8, 4) is 0 Å². The zero-order valence-corrected chi connectivity index (χ0v) is 12.5. The van der Waals surface area contributed by atoms with Crippen molar-refractivity contribution in [2.75, 3.05) is 5.32 Å². The lowest BCUT2D eigenvalue weighted by molar-refractivity contribution is 0.880. The molecule has 0 bridgehead atoms. The number of pyridine rings is 1. The summed E-state index contributed by atoms with van der Waals surface area (Å²) in [7, 11) is 0. The molecule has 1 heterocycles. The summed E-state index contributed by atoms with van der Waals surface area (Å²) in [6.07, 6.45) is 1.76. The van der Waals surface area contributed by atoms with Crippen molar-refractivity contribution in [2.45, 2.75) is 13.0 Å². The van der Waals surface area contributed by atoms with E-state index in [9.17, 15) is 0 Å². The first-order valence-electron chi connectivity index (χ1n) is 5.29. The van der Waals surface area contributed by atoms with E-state index < -0.39 is 0 Å². The number of nitrogens with zero attached hydrogens (tertiary/aromatic N) is 1. The maximum Gasteiger partial charge on any atom is 0.129 e. The molecule has 0 aliphatic heterocycles. The second-order valence-electron chi connectivity index (χ2n) is 3.76. The molecular weight excluding hydrogens is 344 g/mol. The molecule has 0 saturated heterocycles. The lowest BCUT2D eigenvalue weighted by Crippen LogP contribution is -2.07. The van der Waals surface area contributed by atoms with Crippen LogP contribution in [0.25, 0.3) is 0 Å². The highest BCUT2D eigenvalue weighted by atomic mass is 79.9. The smallest absolute Gasteiger partial charge is 0.129 e. The molecule has 1 atom stereocenters. The van der Waals surface area contributed by atoms with Crippen molar-refractivity contribution in [1.29, 1.82) is 0 Å². The van der Waals surface area contributed by atoms with Crippen LogP contribution in [0.4, 0.5) is 5.69 Å². The third kappa shape index (κ3) is 3.30. The standard InChI is InChI=1S/C13H12Br2N2/c1-9(10-4-2-5-11(14)8-10)17-12-6-3-7-16-13(12)15/h2-9,17H,1H3. The van der Waals surface area contributed by atoms with Crippen LogP contribution in [0.1, 0.15) is 18.5 Å². The van der Waals surface area contributed by atoms with Crippen LogP contribution in [0.5, 0.6) is 0 Å². The van der Waals surface area contributed by atoms with Crippen LogP contribution in [-0.2, 0) is 0 Å². The maximum atomic E-state index is 4.19. The molecule has 2 nitrogen and oxygen atoms in total. The molecule has 2 rings (SSSR count). The third-order valence-electron chi connectivity index (χ3n) is 2.48. The van der Waals surface area contributed by atoms with Gasteiger partial charge in [0.1, 0.15) is 4.60 Å². The second-order valence-corrected chi connectivity index (χ2v) is 5.43. The first-order chi connectivity index (χ1) is 8.16. The Bertz CT molecular complexity index is 514. The average molecular weight is 356 g/mol. The van der Waals surface area contributed by atoms with Gasteiger partial charge < -0.3 is 5.32 Å². The van der Waals surface area contributed by atoms with Crippen molar-refractivity contribution in [2.24, 2.45) is 0 Å². The van der Waals surface area contributed by atoms with Crippen LogP contribution in [0.15, 0.2) is 51.7 Å². The van der Waals surface area contributed by atoms with Crippen molar-refractivity contribution >= 4 is 37.5 Å². The molecule has 1 unspecified atom stereocenters. The van der Waals surface area contributed by atoms with Crippen molar-refractivity contribution in [3.05, 3.63) is 57.2 Å². The Balaban J connectivity index is 2.17. The van der Waals surface area contributed by atoms with E-state index in [1.807, 2.05) is 24.3 Å². The molecule has 0 fully saturated rings. The predicted octanol–water partition coefficient (Wildman–Crippen LogP) is 4.78. The largest absolute Gasteiger partial charge is 0.376 e. The minimum Gasteiger partial charge on any atom is -0.376 e. The number of nitrogens with one attached hydrogen (secondary N) is 1. The van der Waals surface area contributed by atoms with Gasteiger partial charge in [-0.1, -0.05) is 28.1 Å². The summed E-state index contributed by atoms with van der Waals surface area (Å²) < 4.78 is 1.93. The molecule has 0 radical (unpaired) electrons. The van der Waals surface area contributed by atoms with E-state index in [1.54, 1.807) is 6.20 Å². The molecule has 0 amide bonds. The van der Waals surface area contributed by atoms with Gasteiger partial charge in [0.2, 0.25) is 0 Å². The van der Waals surface area contributed by atoms with E-state index in [4.69, 9.17) is 0 Å². The number of benzene rings is 1. The van der Waals surface area contributed by atoms with E-state index in [1.165, 1.54) is 5.56 Å². The molecule has 0 spiro atoms. The molecule has 1 aromatic carbocycles. The van der Waals surface area contributed by atoms with Crippen LogP contribution < -0.4 is 5.32 Å². The molecule has 0 saturated carbocycles. The summed E-state index contributed by atoms with van der Waals surface area (Å²) in [4.78, 5) is 4.19. The Morgan fingerprint density at radius 1 is 1.18 bits per heavy atom. The zero-order valence-electron chi connectivity index (χ0n) is 9.32. The Hall–Kier alpha value is -0.870. The van der Waals surface area contributed by atoms with Gasteiger partial charge in [-0.25, -0.2) is 4.98 Å². The third-order valence-corrected chi connectivity index (χ3v) is 3.60. The monoisotopic (exact) mass is 354 g/mol. The number of rotatable bonds is 3. The molecule has 0 aliphatic rings. The van der Waals surface area contributed by atoms with Crippen LogP contribution in [0.3, 0.4) is 0 Å². The molecule has 1 N–H and O–H groups in total. The molecule has 2 aromatic rings. The van der Waals surface area contributed by atoms with Crippen LogP contribution in [0.2, 0.25) is 0 Å². The normalized spacial score (nSPS) is 12.2. The maximum absolute atomic E-state index is 4.19. The Labute approximate surface area is 118 Å². The van der Waals surface area contributed by atoms with Crippen molar-refractivity contribution in [1.82, 2.24) is 4.98 Å². The fraction of sp³-hybridized carbons (Fsp3) is 0.154. The minimum atomic E-state index is 0.230. The van der Waals surface area contributed by atoms with E-state index in [0.29, 0.717) is 0 Å². The van der Waals surface area contributed by atoms with Gasteiger partial charge in [0.15, 0.2) is 0 Å².